The average Bonchev–Trinajstić information content (AvgIpc) is 2.61. The minimum atomic E-state index is -0.294. The number of nitrogens with one attached hydrogen (secondary N) is 1. The fourth-order valence-electron chi connectivity index (χ4n) is 2.69. The molecule has 1 N–H and O–H groups in total. The predicted molar refractivity (Wildman–Crippen MR) is 92.4 cm³/mol. The van der Waals surface area contributed by atoms with E-state index < -0.39 is 0 Å². The summed E-state index contributed by atoms with van der Waals surface area (Å²) in [5, 5.41) is 3.58. The summed E-state index contributed by atoms with van der Waals surface area (Å²) < 4.78 is 0. The highest BCUT2D eigenvalue weighted by molar-refractivity contribution is 6.37. The predicted octanol–water partition coefficient (Wildman–Crippen LogP) is 4.37. The monoisotopic (exact) mass is 348 g/mol. The molecule has 0 radical (unpaired) electrons. The molecule has 1 aliphatic heterocycles. The van der Waals surface area contributed by atoms with Crippen LogP contribution in [0.15, 0.2) is 42.5 Å². The van der Waals surface area contributed by atoms with E-state index in [1.165, 1.54) is 6.07 Å². The van der Waals surface area contributed by atoms with Crippen molar-refractivity contribution in [3.63, 3.8) is 0 Å². The molecule has 1 aliphatic rings. The van der Waals surface area contributed by atoms with Crippen molar-refractivity contribution in [2.24, 2.45) is 0 Å². The molecular weight excluding hydrogens is 335 g/mol. The maximum Gasteiger partial charge on any atom is 0.260 e. The van der Waals surface area contributed by atoms with Crippen LogP contribution in [-0.2, 0) is 4.79 Å². The van der Waals surface area contributed by atoms with Gasteiger partial charge in [-0.25, -0.2) is 0 Å². The van der Waals surface area contributed by atoms with Crippen LogP contribution in [0.1, 0.15) is 23.7 Å². The molecule has 2 amide bonds. The molecular formula is C17H14Cl2N2O2. The highest BCUT2D eigenvalue weighted by Gasteiger charge is 2.31. The minimum Gasteiger partial charge on any atom is -0.324 e. The molecule has 6 heteroatoms. The van der Waals surface area contributed by atoms with Crippen LogP contribution in [-0.4, -0.2) is 17.9 Å². The average molecular weight is 349 g/mol. The SMILES string of the molecule is C[C@H]1CC(=O)Nc2ccccc2N1C(=O)c1ccc(Cl)cc1Cl. The number of benzene rings is 2. The first kappa shape index (κ1) is 15.8. The Morgan fingerprint density at radius 3 is 2.70 bits per heavy atom. The highest BCUT2D eigenvalue weighted by atomic mass is 35.5. The zero-order valence-electron chi connectivity index (χ0n) is 12.3. The zero-order valence-corrected chi connectivity index (χ0v) is 13.9. The molecule has 118 valence electrons. The number of hydrogen-bond donors (Lipinski definition) is 1. The lowest BCUT2D eigenvalue weighted by Crippen LogP contribution is -2.39. The van der Waals surface area contributed by atoms with Crippen LogP contribution in [0.3, 0.4) is 0 Å². The van der Waals surface area contributed by atoms with E-state index in [0.29, 0.717) is 22.0 Å². The topological polar surface area (TPSA) is 49.4 Å². The van der Waals surface area contributed by atoms with Gasteiger partial charge in [-0.3, -0.25) is 9.59 Å². The first-order valence-electron chi connectivity index (χ1n) is 7.15. The van der Waals surface area contributed by atoms with Gasteiger partial charge in [-0.1, -0.05) is 35.3 Å². The largest absolute Gasteiger partial charge is 0.324 e. The smallest absolute Gasteiger partial charge is 0.260 e. The van der Waals surface area contributed by atoms with E-state index >= 15 is 0 Å². The maximum absolute atomic E-state index is 13.0. The van der Waals surface area contributed by atoms with Gasteiger partial charge in [0.25, 0.3) is 5.91 Å². The molecule has 0 saturated carbocycles. The molecule has 0 aromatic heterocycles. The van der Waals surface area contributed by atoms with Gasteiger partial charge in [0.05, 0.1) is 22.0 Å². The van der Waals surface area contributed by atoms with E-state index in [1.807, 2.05) is 19.1 Å². The van der Waals surface area contributed by atoms with E-state index in [1.54, 1.807) is 29.2 Å². The maximum atomic E-state index is 13.0. The van der Waals surface area contributed by atoms with Crippen LogP contribution in [0.25, 0.3) is 0 Å². The van der Waals surface area contributed by atoms with Gasteiger partial charge in [-0.05, 0) is 37.3 Å². The number of fused-ring (bicyclic) bond motifs is 1. The molecule has 0 fully saturated rings. The van der Waals surface area contributed by atoms with Crippen molar-refractivity contribution in [1.82, 2.24) is 0 Å². The third-order valence-corrected chi connectivity index (χ3v) is 4.29. The Kier molecular flexibility index (Phi) is 4.28. The fourth-order valence-corrected chi connectivity index (χ4v) is 3.18. The summed E-state index contributed by atoms with van der Waals surface area (Å²) in [7, 11) is 0. The van der Waals surface area contributed by atoms with Crippen molar-refractivity contribution in [2.75, 3.05) is 10.2 Å². The second-order valence-electron chi connectivity index (χ2n) is 5.42. The molecule has 0 saturated heterocycles. The lowest BCUT2D eigenvalue weighted by atomic mass is 10.1. The molecule has 0 aliphatic carbocycles. The molecule has 0 unspecified atom stereocenters. The number of carbonyl (C=O) groups excluding carboxylic acids is 2. The number of rotatable bonds is 1. The van der Waals surface area contributed by atoms with E-state index in [2.05, 4.69) is 5.32 Å². The highest BCUT2D eigenvalue weighted by Crippen LogP contribution is 2.33. The Hall–Kier alpha value is -2.04. The van der Waals surface area contributed by atoms with Crippen molar-refractivity contribution < 1.29 is 9.59 Å². The van der Waals surface area contributed by atoms with E-state index in [0.717, 1.165) is 0 Å². The molecule has 1 heterocycles. The van der Waals surface area contributed by atoms with Gasteiger partial charge in [-0.15, -0.1) is 0 Å². The lowest BCUT2D eigenvalue weighted by Gasteiger charge is -2.28. The number of hydrogen-bond acceptors (Lipinski definition) is 2. The molecule has 3 rings (SSSR count). The summed E-state index contributed by atoms with van der Waals surface area (Å²) >= 11 is 12.1. The molecule has 0 spiro atoms. The van der Waals surface area contributed by atoms with Gasteiger partial charge in [0.15, 0.2) is 0 Å². The summed E-state index contributed by atoms with van der Waals surface area (Å²) in [5.41, 5.74) is 1.62. The standard InChI is InChI=1S/C17H14Cl2N2O2/c1-10-8-16(22)20-14-4-2-3-5-15(14)21(10)17(23)12-7-6-11(18)9-13(12)19/h2-7,9-10H,8H2,1H3,(H,20,22)/t10-/m0/s1. The molecule has 23 heavy (non-hydrogen) atoms. The summed E-state index contributed by atoms with van der Waals surface area (Å²) in [6, 6.07) is 11.7. The second kappa shape index (κ2) is 6.22. The van der Waals surface area contributed by atoms with Crippen LogP contribution in [0.4, 0.5) is 11.4 Å². The van der Waals surface area contributed by atoms with Crippen LogP contribution >= 0.6 is 23.2 Å². The third kappa shape index (κ3) is 3.05. The van der Waals surface area contributed by atoms with Gasteiger partial charge in [-0.2, -0.15) is 0 Å². The van der Waals surface area contributed by atoms with Crippen LogP contribution in [0.5, 0.6) is 0 Å². The van der Waals surface area contributed by atoms with Gasteiger partial charge in [0, 0.05) is 17.5 Å². The number of carbonyl (C=O) groups is 2. The van der Waals surface area contributed by atoms with E-state index in [9.17, 15) is 9.59 Å². The Morgan fingerprint density at radius 2 is 1.96 bits per heavy atom. The van der Waals surface area contributed by atoms with Crippen molar-refractivity contribution in [3.05, 3.63) is 58.1 Å². The van der Waals surface area contributed by atoms with Gasteiger partial charge in [0.2, 0.25) is 5.91 Å². The van der Waals surface area contributed by atoms with Crippen molar-refractivity contribution in [3.8, 4) is 0 Å². The van der Waals surface area contributed by atoms with Crippen LogP contribution in [0.2, 0.25) is 10.0 Å². The number of para-hydroxylation sites is 2. The third-order valence-electron chi connectivity index (χ3n) is 3.74. The zero-order chi connectivity index (χ0) is 16.6. The fraction of sp³-hybridized carbons (Fsp3) is 0.176. The summed E-state index contributed by atoms with van der Waals surface area (Å²) in [6.07, 6.45) is 0.214. The second-order valence-corrected chi connectivity index (χ2v) is 6.26. The molecule has 1 atom stereocenters. The quantitative estimate of drug-likeness (QED) is 0.831. The number of amides is 2. The number of halogens is 2. The Balaban J connectivity index is 2.09. The Labute approximate surface area is 144 Å². The molecule has 0 bridgehead atoms. The van der Waals surface area contributed by atoms with Gasteiger partial charge >= 0.3 is 0 Å². The number of anilines is 2. The first-order chi connectivity index (χ1) is 11.0. The lowest BCUT2D eigenvalue weighted by molar-refractivity contribution is -0.116. The minimum absolute atomic E-state index is 0.123. The summed E-state index contributed by atoms with van der Waals surface area (Å²) in [6.45, 7) is 1.84. The molecule has 4 nitrogen and oxygen atoms in total. The summed E-state index contributed by atoms with van der Waals surface area (Å²) in [5.74, 6) is -0.384. The van der Waals surface area contributed by atoms with Crippen LogP contribution in [0, 0.1) is 0 Å². The number of nitrogens with zero attached hydrogens (tertiary/aromatic N) is 1. The van der Waals surface area contributed by atoms with Crippen LogP contribution < -0.4 is 10.2 Å². The van der Waals surface area contributed by atoms with Gasteiger partial charge in [0.1, 0.15) is 0 Å². The van der Waals surface area contributed by atoms with Crippen molar-refractivity contribution >= 4 is 46.4 Å². The first-order valence-corrected chi connectivity index (χ1v) is 7.90. The Bertz CT molecular complexity index is 792. The van der Waals surface area contributed by atoms with Gasteiger partial charge < -0.3 is 10.2 Å². The van der Waals surface area contributed by atoms with Crippen molar-refractivity contribution in [2.45, 2.75) is 19.4 Å². The molecule has 2 aromatic carbocycles. The molecule has 2 aromatic rings. The summed E-state index contributed by atoms with van der Waals surface area (Å²) in [4.78, 5) is 26.6. The normalized spacial score (nSPS) is 17.3. The Morgan fingerprint density at radius 1 is 1.22 bits per heavy atom. The van der Waals surface area contributed by atoms with E-state index in [4.69, 9.17) is 23.2 Å². The van der Waals surface area contributed by atoms with Crippen molar-refractivity contribution in [1.29, 1.82) is 0 Å². The van der Waals surface area contributed by atoms with E-state index in [-0.39, 0.29) is 29.3 Å².